The Balaban J connectivity index is 2.58. The lowest BCUT2D eigenvalue weighted by atomic mass is 10.0. The molecule has 0 aromatic heterocycles. The number of carbonyl (C=O) groups excluding carboxylic acids is 1. The molecule has 19 heavy (non-hydrogen) atoms. The van der Waals surface area contributed by atoms with Crippen LogP contribution in [0.2, 0.25) is 0 Å². The number of benzene rings is 2. The number of hydrogen-bond donors (Lipinski definition) is 1. The van der Waals surface area contributed by atoms with Crippen LogP contribution in [0, 0.1) is 0 Å². The zero-order chi connectivity index (χ0) is 13.8. The third kappa shape index (κ3) is 2.52. The Morgan fingerprint density at radius 2 is 1.79 bits per heavy atom. The van der Waals surface area contributed by atoms with E-state index < -0.39 is 5.91 Å². The van der Waals surface area contributed by atoms with Crippen molar-refractivity contribution < 1.29 is 14.3 Å². The lowest BCUT2D eigenvalue weighted by Gasteiger charge is -2.13. The van der Waals surface area contributed by atoms with Crippen molar-refractivity contribution in [1.82, 2.24) is 0 Å². The highest BCUT2D eigenvalue weighted by Gasteiger charge is 2.12. The molecule has 0 aliphatic rings. The summed E-state index contributed by atoms with van der Waals surface area (Å²) in [6.07, 6.45) is 0. The van der Waals surface area contributed by atoms with Crippen LogP contribution in [0.4, 0.5) is 0 Å². The molecule has 2 N–H and O–H groups in total. The van der Waals surface area contributed by atoms with Gasteiger partial charge in [-0.15, -0.1) is 0 Å². The molecule has 0 spiro atoms. The molecule has 0 fully saturated rings. The highest BCUT2D eigenvalue weighted by Crippen LogP contribution is 2.37. The summed E-state index contributed by atoms with van der Waals surface area (Å²) in [5, 5.41) is 0. The van der Waals surface area contributed by atoms with Crippen molar-refractivity contribution in [3.8, 4) is 22.6 Å². The Morgan fingerprint density at radius 1 is 1.05 bits per heavy atom. The van der Waals surface area contributed by atoms with Gasteiger partial charge in [0.05, 0.1) is 14.2 Å². The maximum atomic E-state index is 11.2. The molecule has 2 aromatic carbocycles. The van der Waals surface area contributed by atoms with Gasteiger partial charge in [-0.3, -0.25) is 4.79 Å². The molecule has 0 radical (unpaired) electrons. The van der Waals surface area contributed by atoms with Crippen molar-refractivity contribution in [2.75, 3.05) is 14.2 Å². The number of hydrogen-bond acceptors (Lipinski definition) is 3. The number of amides is 1. The topological polar surface area (TPSA) is 61.5 Å². The maximum Gasteiger partial charge on any atom is 0.248 e. The molecule has 0 aliphatic carbocycles. The molecule has 0 atom stereocenters. The Bertz CT molecular complexity index is 608. The highest BCUT2D eigenvalue weighted by molar-refractivity contribution is 5.94. The third-order valence-electron chi connectivity index (χ3n) is 2.86. The highest BCUT2D eigenvalue weighted by atomic mass is 16.5. The minimum Gasteiger partial charge on any atom is -0.493 e. The molecule has 0 bridgehead atoms. The van der Waals surface area contributed by atoms with Gasteiger partial charge in [-0.05, 0) is 23.8 Å². The van der Waals surface area contributed by atoms with Gasteiger partial charge in [0.1, 0.15) is 0 Å². The van der Waals surface area contributed by atoms with Crippen LogP contribution in [-0.2, 0) is 0 Å². The molecule has 4 nitrogen and oxygen atoms in total. The summed E-state index contributed by atoms with van der Waals surface area (Å²) in [5.74, 6) is 0.819. The summed E-state index contributed by atoms with van der Waals surface area (Å²) in [4.78, 5) is 11.2. The van der Waals surface area contributed by atoms with Crippen LogP contribution in [-0.4, -0.2) is 20.1 Å². The van der Waals surface area contributed by atoms with Gasteiger partial charge in [0, 0.05) is 11.1 Å². The quantitative estimate of drug-likeness (QED) is 0.915. The fraction of sp³-hybridized carbons (Fsp3) is 0.133. The largest absolute Gasteiger partial charge is 0.493 e. The molecule has 0 saturated carbocycles. The summed E-state index contributed by atoms with van der Waals surface area (Å²) in [5.41, 5.74) is 7.46. The van der Waals surface area contributed by atoms with Crippen molar-refractivity contribution in [3.63, 3.8) is 0 Å². The van der Waals surface area contributed by atoms with E-state index in [9.17, 15) is 4.79 Å². The number of primary amides is 1. The first-order valence-electron chi connectivity index (χ1n) is 5.78. The Labute approximate surface area is 111 Å². The second-order valence-corrected chi connectivity index (χ2v) is 3.99. The lowest BCUT2D eigenvalue weighted by Crippen LogP contribution is -2.10. The number of methoxy groups -OCH3 is 2. The number of carbonyl (C=O) groups is 1. The SMILES string of the molecule is COc1cccc(-c2cccc(C(N)=O)c2)c1OC. The average Bonchev–Trinajstić information content (AvgIpc) is 2.46. The van der Waals surface area contributed by atoms with Gasteiger partial charge in [-0.2, -0.15) is 0 Å². The first-order valence-corrected chi connectivity index (χ1v) is 5.78. The summed E-state index contributed by atoms with van der Waals surface area (Å²) in [6, 6.07) is 12.7. The molecule has 2 aromatic rings. The molecule has 1 amide bonds. The predicted octanol–water partition coefficient (Wildman–Crippen LogP) is 2.47. The number of rotatable bonds is 4. The molecule has 0 heterocycles. The second-order valence-electron chi connectivity index (χ2n) is 3.99. The summed E-state index contributed by atoms with van der Waals surface area (Å²) in [7, 11) is 3.17. The summed E-state index contributed by atoms with van der Waals surface area (Å²) >= 11 is 0. The number of para-hydroxylation sites is 1. The van der Waals surface area contributed by atoms with Crippen molar-refractivity contribution in [2.45, 2.75) is 0 Å². The van der Waals surface area contributed by atoms with Crippen LogP contribution >= 0.6 is 0 Å². The van der Waals surface area contributed by atoms with E-state index in [1.54, 1.807) is 32.4 Å². The summed E-state index contributed by atoms with van der Waals surface area (Å²) < 4.78 is 10.6. The van der Waals surface area contributed by atoms with Crippen molar-refractivity contribution in [2.24, 2.45) is 5.73 Å². The smallest absolute Gasteiger partial charge is 0.248 e. The molecular weight excluding hydrogens is 242 g/mol. The van der Waals surface area contributed by atoms with Crippen molar-refractivity contribution in [3.05, 3.63) is 48.0 Å². The normalized spacial score (nSPS) is 10.0. The van der Waals surface area contributed by atoms with Crippen LogP contribution in [0.1, 0.15) is 10.4 Å². The first-order chi connectivity index (χ1) is 9.17. The predicted molar refractivity (Wildman–Crippen MR) is 73.5 cm³/mol. The van der Waals surface area contributed by atoms with Crippen molar-refractivity contribution >= 4 is 5.91 Å². The van der Waals surface area contributed by atoms with Gasteiger partial charge in [0.2, 0.25) is 5.91 Å². The second kappa shape index (κ2) is 5.44. The van der Waals surface area contributed by atoms with Crippen LogP contribution in [0.15, 0.2) is 42.5 Å². The summed E-state index contributed by atoms with van der Waals surface area (Å²) in [6.45, 7) is 0. The van der Waals surface area contributed by atoms with Crippen LogP contribution in [0.5, 0.6) is 11.5 Å². The third-order valence-corrected chi connectivity index (χ3v) is 2.86. The van der Waals surface area contributed by atoms with Crippen molar-refractivity contribution in [1.29, 1.82) is 0 Å². The molecule has 4 heteroatoms. The Kier molecular flexibility index (Phi) is 3.71. The molecule has 0 unspecified atom stereocenters. The fourth-order valence-electron chi connectivity index (χ4n) is 1.95. The van der Waals surface area contributed by atoms with Gasteiger partial charge in [-0.25, -0.2) is 0 Å². The molecule has 2 rings (SSSR count). The van der Waals surface area contributed by atoms with Crippen LogP contribution in [0.25, 0.3) is 11.1 Å². The van der Waals surface area contributed by atoms with Crippen LogP contribution in [0.3, 0.4) is 0 Å². The number of nitrogens with two attached hydrogens (primary N) is 1. The van der Waals surface area contributed by atoms with E-state index in [1.165, 1.54) is 0 Å². The van der Waals surface area contributed by atoms with E-state index in [4.69, 9.17) is 15.2 Å². The first kappa shape index (κ1) is 13.0. The molecule has 0 aliphatic heterocycles. The monoisotopic (exact) mass is 257 g/mol. The Hall–Kier alpha value is -2.49. The van der Waals surface area contributed by atoms with Gasteiger partial charge in [0.25, 0.3) is 0 Å². The van der Waals surface area contributed by atoms with E-state index in [1.807, 2.05) is 24.3 Å². The fourth-order valence-corrected chi connectivity index (χ4v) is 1.95. The van der Waals surface area contributed by atoms with E-state index >= 15 is 0 Å². The lowest BCUT2D eigenvalue weighted by molar-refractivity contribution is 0.100. The van der Waals surface area contributed by atoms with E-state index in [0.717, 1.165) is 11.1 Å². The molecule has 0 saturated heterocycles. The van der Waals surface area contributed by atoms with E-state index in [2.05, 4.69) is 0 Å². The maximum absolute atomic E-state index is 11.2. The number of ether oxygens (including phenoxy) is 2. The molecular formula is C15H15NO3. The van der Waals surface area contributed by atoms with Crippen LogP contribution < -0.4 is 15.2 Å². The minimum absolute atomic E-state index is 0.455. The minimum atomic E-state index is -0.455. The van der Waals surface area contributed by atoms with E-state index in [0.29, 0.717) is 17.1 Å². The van der Waals surface area contributed by atoms with Gasteiger partial charge >= 0.3 is 0 Å². The zero-order valence-electron chi connectivity index (χ0n) is 10.8. The zero-order valence-corrected chi connectivity index (χ0v) is 10.8. The Morgan fingerprint density at radius 3 is 2.42 bits per heavy atom. The van der Waals surface area contributed by atoms with Gasteiger partial charge in [0.15, 0.2) is 11.5 Å². The molecule has 98 valence electrons. The van der Waals surface area contributed by atoms with Gasteiger partial charge in [-0.1, -0.05) is 24.3 Å². The standard InChI is InChI=1S/C15H15NO3/c1-18-13-8-4-7-12(14(13)19-2)10-5-3-6-11(9-10)15(16)17/h3-9H,1-2H3,(H2,16,17). The van der Waals surface area contributed by atoms with Gasteiger partial charge < -0.3 is 15.2 Å². The average molecular weight is 257 g/mol. The van der Waals surface area contributed by atoms with E-state index in [-0.39, 0.29) is 0 Å².